The summed E-state index contributed by atoms with van der Waals surface area (Å²) in [6, 6.07) is 2.46. The molecule has 2 aliphatic rings. The molecule has 2 atom stereocenters. The zero-order chi connectivity index (χ0) is 20.2. The van der Waals surface area contributed by atoms with Crippen LogP contribution >= 0.6 is 12.4 Å². The number of nitrogens with zero attached hydrogens (tertiary/aromatic N) is 2. The fourth-order valence-electron chi connectivity index (χ4n) is 4.17. The lowest BCUT2D eigenvalue weighted by molar-refractivity contribution is 0.0694. The second-order valence-electron chi connectivity index (χ2n) is 7.80. The van der Waals surface area contributed by atoms with Gasteiger partial charge in [0.05, 0.1) is 12.6 Å². The highest BCUT2D eigenvalue weighted by Crippen LogP contribution is 2.44. The highest BCUT2D eigenvalue weighted by molar-refractivity contribution is 5.97. The quantitative estimate of drug-likeness (QED) is 0.764. The summed E-state index contributed by atoms with van der Waals surface area (Å²) >= 11 is 0. The average Bonchev–Trinajstić information content (AvgIpc) is 3.35. The van der Waals surface area contributed by atoms with E-state index in [1.54, 1.807) is 0 Å². The number of aromatic nitrogens is 1. The van der Waals surface area contributed by atoms with Crippen LogP contribution in [0.1, 0.15) is 42.6 Å². The summed E-state index contributed by atoms with van der Waals surface area (Å²) in [5.41, 5.74) is 5.86. The summed E-state index contributed by atoms with van der Waals surface area (Å²) in [5, 5.41) is 9.75. The van der Waals surface area contributed by atoms with Crippen LogP contribution in [0.2, 0.25) is 0 Å². The summed E-state index contributed by atoms with van der Waals surface area (Å²) in [6.07, 6.45) is 2.42. The molecule has 1 aromatic heterocycles. The SMILES string of the molecule is COc1c(N2CC[C@@H]([C@H](C)N)C2)c(F)cc2cc(C(=O)O)c(=O)n(C3CC3)c12.Cl. The Bertz CT molecular complexity index is 1020. The Hall–Kier alpha value is -2.32. The standard InChI is InChI=1S/C20H24FN3O4.ClH/c1-10(22)11-5-6-23(9-11)17-15(21)8-12-7-14(20(26)27)19(25)24(13-3-4-13)16(12)18(17)28-2;/h7-8,10-11,13H,3-6,9,22H2,1-2H3,(H,26,27);1H/t10-,11+;/m0./s1. The number of hydrogen-bond acceptors (Lipinski definition) is 5. The van der Waals surface area contributed by atoms with E-state index < -0.39 is 17.3 Å². The van der Waals surface area contributed by atoms with Gasteiger partial charge in [-0.2, -0.15) is 0 Å². The van der Waals surface area contributed by atoms with Crippen molar-refractivity contribution in [2.45, 2.75) is 38.3 Å². The van der Waals surface area contributed by atoms with Crippen molar-refractivity contribution in [2.75, 3.05) is 25.1 Å². The number of methoxy groups -OCH3 is 1. The van der Waals surface area contributed by atoms with E-state index in [1.807, 2.05) is 11.8 Å². The predicted molar refractivity (Wildman–Crippen MR) is 111 cm³/mol. The molecule has 29 heavy (non-hydrogen) atoms. The van der Waals surface area contributed by atoms with Crippen LogP contribution in [0.25, 0.3) is 10.9 Å². The summed E-state index contributed by atoms with van der Waals surface area (Å²) < 4.78 is 22.2. The first-order valence-corrected chi connectivity index (χ1v) is 9.53. The topological polar surface area (TPSA) is 97.8 Å². The van der Waals surface area contributed by atoms with Gasteiger partial charge in [-0.05, 0) is 44.2 Å². The number of pyridine rings is 1. The molecule has 9 heteroatoms. The van der Waals surface area contributed by atoms with E-state index in [-0.39, 0.29) is 41.7 Å². The van der Waals surface area contributed by atoms with Gasteiger partial charge < -0.3 is 25.0 Å². The number of carboxylic acids is 1. The number of ether oxygens (including phenoxy) is 1. The van der Waals surface area contributed by atoms with E-state index in [2.05, 4.69) is 0 Å². The van der Waals surface area contributed by atoms with Gasteiger partial charge in [0.2, 0.25) is 0 Å². The molecule has 158 valence electrons. The van der Waals surface area contributed by atoms with Gasteiger partial charge in [0, 0.05) is 30.6 Å². The third kappa shape index (κ3) is 3.55. The average molecular weight is 426 g/mol. The van der Waals surface area contributed by atoms with Crippen molar-refractivity contribution in [3.05, 3.63) is 33.9 Å². The van der Waals surface area contributed by atoms with E-state index in [9.17, 15) is 14.7 Å². The molecule has 0 spiro atoms. The van der Waals surface area contributed by atoms with Crippen molar-refractivity contribution in [2.24, 2.45) is 11.7 Å². The number of hydrogen-bond donors (Lipinski definition) is 2. The van der Waals surface area contributed by atoms with E-state index in [4.69, 9.17) is 10.5 Å². The molecule has 1 aliphatic heterocycles. The zero-order valence-corrected chi connectivity index (χ0v) is 17.2. The third-order valence-electron chi connectivity index (χ3n) is 5.83. The summed E-state index contributed by atoms with van der Waals surface area (Å²) in [7, 11) is 1.45. The molecule has 0 amide bonds. The molecule has 0 unspecified atom stereocenters. The van der Waals surface area contributed by atoms with Crippen molar-refractivity contribution in [3.8, 4) is 5.75 Å². The molecule has 2 aromatic rings. The minimum atomic E-state index is -1.32. The Balaban J connectivity index is 0.00000240. The van der Waals surface area contributed by atoms with Crippen molar-refractivity contribution in [1.29, 1.82) is 0 Å². The molecule has 7 nitrogen and oxygen atoms in total. The van der Waals surface area contributed by atoms with Crippen LogP contribution in [0.4, 0.5) is 10.1 Å². The molecule has 2 fully saturated rings. The van der Waals surface area contributed by atoms with Gasteiger partial charge in [0.1, 0.15) is 11.3 Å². The maximum absolute atomic E-state index is 15.1. The van der Waals surface area contributed by atoms with Gasteiger partial charge in [0.15, 0.2) is 11.6 Å². The van der Waals surface area contributed by atoms with Crippen LogP contribution in [0.5, 0.6) is 5.75 Å². The number of carboxylic acid groups (broad SMARTS) is 1. The fourth-order valence-corrected chi connectivity index (χ4v) is 4.17. The highest BCUT2D eigenvalue weighted by Gasteiger charge is 2.34. The first-order valence-electron chi connectivity index (χ1n) is 9.53. The van der Waals surface area contributed by atoms with Crippen LogP contribution in [-0.4, -0.2) is 41.9 Å². The van der Waals surface area contributed by atoms with E-state index in [0.717, 1.165) is 19.3 Å². The number of rotatable bonds is 5. The van der Waals surface area contributed by atoms with Gasteiger partial charge in [-0.25, -0.2) is 9.18 Å². The molecule has 0 bridgehead atoms. The van der Waals surface area contributed by atoms with Crippen LogP contribution in [0.15, 0.2) is 16.9 Å². The van der Waals surface area contributed by atoms with Crippen molar-refractivity contribution >= 4 is 35.0 Å². The van der Waals surface area contributed by atoms with Crippen LogP contribution < -0.4 is 20.9 Å². The number of halogens is 2. The molecule has 1 aromatic carbocycles. The Morgan fingerprint density at radius 3 is 2.55 bits per heavy atom. The highest BCUT2D eigenvalue weighted by atomic mass is 35.5. The normalized spacial score (nSPS) is 19.9. The Kier molecular flexibility index (Phi) is 5.78. The van der Waals surface area contributed by atoms with Crippen molar-refractivity contribution in [1.82, 2.24) is 4.57 Å². The summed E-state index contributed by atoms with van der Waals surface area (Å²) in [5.74, 6) is -1.28. The number of fused-ring (bicyclic) bond motifs is 1. The molecular formula is C20H25ClFN3O4. The number of nitrogens with two attached hydrogens (primary N) is 1. The second kappa shape index (κ2) is 7.84. The number of anilines is 1. The Morgan fingerprint density at radius 1 is 1.34 bits per heavy atom. The van der Waals surface area contributed by atoms with Crippen molar-refractivity contribution < 1.29 is 19.0 Å². The maximum atomic E-state index is 15.1. The lowest BCUT2D eigenvalue weighted by Gasteiger charge is -2.25. The summed E-state index contributed by atoms with van der Waals surface area (Å²) in [6.45, 7) is 3.20. The number of carbonyl (C=O) groups is 1. The van der Waals surface area contributed by atoms with Gasteiger partial charge in [-0.15, -0.1) is 12.4 Å². The molecule has 4 rings (SSSR count). The van der Waals surface area contributed by atoms with Gasteiger partial charge >= 0.3 is 5.97 Å². The predicted octanol–water partition coefficient (Wildman–Crippen LogP) is 2.78. The lowest BCUT2D eigenvalue weighted by Crippen LogP contribution is -2.30. The largest absolute Gasteiger partial charge is 0.492 e. The Labute approximate surface area is 173 Å². The van der Waals surface area contributed by atoms with Gasteiger partial charge in [0.25, 0.3) is 5.56 Å². The number of benzene rings is 1. The number of aromatic carboxylic acids is 1. The smallest absolute Gasteiger partial charge is 0.341 e. The monoisotopic (exact) mass is 425 g/mol. The van der Waals surface area contributed by atoms with E-state index in [1.165, 1.54) is 23.8 Å². The van der Waals surface area contributed by atoms with Crippen LogP contribution in [0, 0.1) is 11.7 Å². The molecule has 0 radical (unpaired) electrons. The molecule has 1 saturated carbocycles. The first kappa shape index (κ1) is 21.4. The van der Waals surface area contributed by atoms with Crippen LogP contribution in [-0.2, 0) is 0 Å². The fraction of sp³-hybridized carbons (Fsp3) is 0.500. The molecule has 2 heterocycles. The minimum Gasteiger partial charge on any atom is -0.492 e. The van der Waals surface area contributed by atoms with E-state index >= 15 is 4.39 Å². The minimum absolute atomic E-state index is 0. The zero-order valence-electron chi connectivity index (χ0n) is 16.4. The third-order valence-corrected chi connectivity index (χ3v) is 5.83. The molecule has 1 aliphatic carbocycles. The maximum Gasteiger partial charge on any atom is 0.341 e. The van der Waals surface area contributed by atoms with Crippen molar-refractivity contribution in [3.63, 3.8) is 0 Å². The Morgan fingerprint density at radius 2 is 2.03 bits per heavy atom. The molecule has 1 saturated heterocycles. The molecule has 3 N–H and O–H groups in total. The van der Waals surface area contributed by atoms with Gasteiger partial charge in [-0.3, -0.25) is 4.79 Å². The van der Waals surface area contributed by atoms with Gasteiger partial charge in [-0.1, -0.05) is 0 Å². The lowest BCUT2D eigenvalue weighted by atomic mass is 10.0. The second-order valence-corrected chi connectivity index (χ2v) is 7.80. The van der Waals surface area contributed by atoms with Crippen LogP contribution in [0.3, 0.4) is 0 Å². The first-order chi connectivity index (χ1) is 13.3. The van der Waals surface area contributed by atoms with E-state index in [0.29, 0.717) is 29.7 Å². The molecular weight excluding hydrogens is 401 g/mol. The summed E-state index contributed by atoms with van der Waals surface area (Å²) in [4.78, 5) is 26.3.